The fourth-order valence-electron chi connectivity index (χ4n) is 3.93. The smallest absolute Gasteiger partial charge is 0.263 e. The number of nitrogens with zero attached hydrogens (tertiary/aromatic N) is 2. The second-order valence-corrected chi connectivity index (χ2v) is 7.58. The first-order valence-corrected chi connectivity index (χ1v) is 10.4. The van der Waals surface area contributed by atoms with Crippen molar-refractivity contribution < 1.29 is 9.53 Å². The van der Waals surface area contributed by atoms with Crippen LogP contribution in [0.25, 0.3) is 10.8 Å². The van der Waals surface area contributed by atoms with Crippen LogP contribution in [0.3, 0.4) is 0 Å². The summed E-state index contributed by atoms with van der Waals surface area (Å²) in [6.07, 6.45) is 0.216. The standard InChI is InChI=1S/C25H28N2O2/c1-2-23(29-24-14-8-12-21-11-6-7-13-22(21)24)25(28)27-17-15-26(16-18-27)19-20-9-4-3-5-10-20/h3-14,23H,2,15-19H2,1H3/t23-/m1/s1. The van der Waals surface area contributed by atoms with Crippen molar-refractivity contribution in [2.45, 2.75) is 26.0 Å². The molecule has 150 valence electrons. The molecule has 1 fully saturated rings. The highest BCUT2D eigenvalue weighted by Crippen LogP contribution is 2.27. The van der Waals surface area contributed by atoms with Crippen LogP contribution in [0.2, 0.25) is 0 Å². The normalized spacial score (nSPS) is 16.0. The summed E-state index contributed by atoms with van der Waals surface area (Å²) in [5.74, 6) is 0.880. The third kappa shape index (κ3) is 4.60. The zero-order valence-electron chi connectivity index (χ0n) is 17.0. The molecule has 1 aliphatic rings. The molecule has 1 saturated heterocycles. The lowest BCUT2D eigenvalue weighted by Crippen LogP contribution is -2.52. The lowest BCUT2D eigenvalue weighted by molar-refractivity contribution is -0.140. The summed E-state index contributed by atoms with van der Waals surface area (Å²) in [5.41, 5.74) is 1.32. The maximum absolute atomic E-state index is 13.1. The van der Waals surface area contributed by atoms with Gasteiger partial charge in [-0.1, -0.05) is 73.7 Å². The molecule has 0 aromatic heterocycles. The zero-order valence-corrected chi connectivity index (χ0v) is 17.0. The molecular weight excluding hydrogens is 360 g/mol. The van der Waals surface area contributed by atoms with Gasteiger partial charge in [-0.25, -0.2) is 0 Å². The predicted molar refractivity (Wildman–Crippen MR) is 117 cm³/mol. The van der Waals surface area contributed by atoms with E-state index in [0.29, 0.717) is 6.42 Å². The number of rotatable bonds is 6. The van der Waals surface area contributed by atoms with Gasteiger partial charge in [0.2, 0.25) is 0 Å². The summed E-state index contributed by atoms with van der Waals surface area (Å²) in [4.78, 5) is 17.5. The van der Waals surface area contributed by atoms with Gasteiger partial charge in [-0.05, 0) is 23.4 Å². The Morgan fingerprint density at radius 3 is 2.34 bits per heavy atom. The summed E-state index contributed by atoms with van der Waals surface area (Å²) in [6, 6.07) is 24.6. The van der Waals surface area contributed by atoms with Gasteiger partial charge in [0.15, 0.2) is 6.10 Å². The van der Waals surface area contributed by atoms with Gasteiger partial charge >= 0.3 is 0 Å². The molecule has 0 saturated carbocycles. The van der Waals surface area contributed by atoms with Gasteiger partial charge in [0.05, 0.1) is 0 Å². The van der Waals surface area contributed by atoms with Crippen LogP contribution in [0.1, 0.15) is 18.9 Å². The van der Waals surface area contributed by atoms with Crippen molar-refractivity contribution in [3.8, 4) is 5.75 Å². The van der Waals surface area contributed by atoms with E-state index < -0.39 is 6.10 Å². The van der Waals surface area contributed by atoms with Gasteiger partial charge in [0, 0.05) is 38.1 Å². The molecule has 29 heavy (non-hydrogen) atoms. The van der Waals surface area contributed by atoms with Crippen LogP contribution >= 0.6 is 0 Å². The second kappa shape index (κ2) is 9.10. The molecule has 0 radical (unpaired) electrons. The monoisotopic (exact) mass is 388 g/mol. The summed E-state index contributed by atoms with van der Waals surface area (Å²) >= 11 is 0. The van der Waals surface area contributed by atoms with E-state index in [1.54, 1.807) is 0 Å². The van der Waals surface area contributed by atoms with Crippen LogP contribution in [-0.2, 0) is 11.3 Å². The van der Waals surface area contributed by atoms with E-state index in [-0.39, 0.29) is 5.91 Å². The molecule has 3 aromatic rings. The van der Waals surface area contributed by atoms with E-state index >= 15 is 0 Å². The third-order valence-corrected chi connectivity index (χ3v) is 5.60. The summed E-state index contributed by atoms with van der Waals surface area (Å²) in [6.45, 7) is 6.24. The molecule has 1 aliphatic heterocycles. The Balaban J connectivity index is 1.38. The largest absolute Gasteiger partial charge is 0.480 e. The molecule has 4 heteroatoms. The highest BCUT2D eigenvalue weighted by atomic mass is 16.5. The minimum atomic E-state index is -0.443. The highest BCUT2D eigenvalue weighted by Gasteiger charge is 2.28. The number of carbonyl (C=O) groups is 1. The first-order valence-electron chi connectivity index (χ1n) is 10.4. The number of amides is 1. The van der Waals surface area contributed by atoms with Gasteiger partial charge in [0.1, 0.15) is 5.75 Å². The summed E-state index contributed by atoms with van der Waals surface area (Å²) < 4.78 is 6.21. The maximum atomic E-state index is 13.1. The van der Waals surface area contributed by atoms with E-state index in [9.17, 15) is 4.79 Å². The average Bonchev–Trinajstić information content (AvgIpc) is 2.78. The number of piperazine rings is 1. The lowest BCUT2D eigenvalue weighted by Gasteiger charge is -2.36. The van der Waals surface area contributed by atoms with Crippen LogP contribution in [0.5, 0.6) is 5.75 Å². The van der Waals surface area contributed by atoms with Gasteiger partial charge in [-0.2, -0.15) is 0 Å². The summed E-state index contributed by atoms with van der Waals surface area (Å²) in [5, 5.41) is 2.18. The minimum absolute atomic E-state index is 0.0970. The van der Waals surface area contributed by atoms with E-state index in [4.69, 9.17) is 4.74 Å². The Kier molecular flexibility index (Phi) is 6.11. The Hall–Kier alpha value is -2.85. The minimum Gasteiger partial charge on any atom is -0.480 e. The van der Waals surface area contributed by atoms with Crippen molar-refractivity contribution in [1.82, 2.24) is 9.80 Å². The predicted octanol–water partition coefficient (Wildman–Crippen LogP) is 4.34. The maximum Gasteiger partial charge on any atom is 0.263 e. The molecule has 1 heterocycles. The SMILES string of the molecule is CC[C@@H](Oc1cccc2ccccc12)C(=O)N1CCN(Cc2ccccc2)CC1. The topological polar surface area (TPSA) is 32.8 Å². The molecular formula is C25H28N2O2. The molecule has 3 aromatic carbocycles. The fourth-order valence-corrected chi connectivity index (χ4v) is 3.93. The van der Waals surface area contributed by atoms with Gasteiger partial charge in [0.25, 0.3) is 5.91 Å². The molecule has 1 atom stereocenters. The highest BCUT2D eigenvalue weighted by molar-refractivity contribution is 5.89. The van der Waals surface area contributed by atoms with Crippen molar-refractivity contribution in [1.29, 1.82) is 0 Å². The van der Waals surface area contributed by atoms with Gasteiger partial charge in [-0.3, -0.25) is 9.69 Å². The number of hydrogen-bond acceptors (Lipinski definition) is 3. The molecule has 4 nitrogen and oxygen atoms in total. The summed E-state index contributed by atoms with van der Waals surface area (Å²) in [7, 11) is 0. The van der Waals surface area contributed by atoms with Crippen molar-refractivity contribution in [2.24, 2.45) is 0 Å². The first kappa shape index (κ1) is 19.5. The molecule has 0 aliphatic carbocycles. The number of ether oxygens (including phenoxy) is 1. The van der Waals surface area contributed by atoms with Crippen LogP contribution in [0, 0.1) is 0 Å². The molecule has 0 N–H and O–H groups in total. The van der Waals surface area contributed by atoms with Crippen LogP contribution in [-0.4, -0.2) is 48.0 Å². The van der Waals surface area contributed by atoms with Crippen molar-refractivity contribution in [2.75, 3.05) is 26.2 Å². The average molecular weight is 389 g/mol. The zero-order chi connectivity index (χ0) is 20.1. The van der Waals surface area contributed by atoms with E-state index in [1.807, 2.05) is 48.2 Å². The third-order valence-electron chi connectivity index (χ3n) is 5.60. The number of fused-ring (bicyclic) bond motifs is 1. The Labute approximate surface area is 172 Å². The molecule has 4 rings (SSSR count). The van der Waals surface area contributed by atoms with Gasteiger partial charge < -0.3 is 9.64 Å². The molecule has 1 amide bonds. The quantitative estimate of drug-likeness (QED) is 0.630. The molecule has 0 spiro atoms. The van der Waals surface area contributed by atoms with Crippen molar-refractivity contribution in [3.63, 3.8) is 0 Å². The first-order chi connectivity index (χ1) is 14.2. The van der Waals surface area contributed by atoms with Crippen LogP contribution in [0.4, 0.5) is 0 Å². The van der Waals surface area contributed by atoms with Crippen LogP contribution in [0.15, 0.2) is 72.8 Å². The lowest BCUT2D eigenvalue weighted by atomic mass is 10.1. The Morgan fingerprint density at radius 1 is 0.897 bits per heavy atom. The fraction of sp³-hybridized carbons (Fsp3) is 0.320. The Morgan fingerprint density at radius 2 is 1.59 bits per heavy atom. The van der Waals surface area contributed by atoms with E-state index in [2.05, 4.69) is 41.3 Å². The number of carbonyl (C=O) groups excluding carboxylic acids is 1. The number of hydrogen-bond donors (Lipinski definition) is 0. The van der Waals surface area contributed by atoms with E-state index in [1.165, 1.54) is 5.56 Å². The second-order valence-electron chi connectivity index (χ2n) is 7.58. The van der Waals surface area contributed by atoms with Crippen molar-refractivity contribution >= 4 is 16.7 Å². The Bertz CT molecular complexity index is 944. The van der Waals surface area contributed by atoms with Crippen LogP contribution < -0.4 is 4.74 Å². The van der Waals surface area contributed by atoms with E-state index in [0.717, 1.165) is 49.2 Å². The molecule has 0 unspecified atom stereocenters. The van der Waals surface area contributed by atoms with Crippen molar-refractivity contribution in [3.05, 3.63) is 78.4 Å². The van der Waals surface area contributed by atoms with Gasteiger partial charge in [-0.15, -0.1) is 0 Å². The number of benzene rings is 3. The molecule has 0 bridgehead atoms.